The molecule has 0 aromatic heterocycles. The van der Waals surface area contributed by atoms with E-state index in [0.717, 1.165) is 12.1 Å². The normalized spacial score (nSPS) is 14.1. The Morgan fingerprint density at radius 1 is 1.36 bits per heavy atom. The third kappa shape index (κ3) is 2.62. The maximum atomic E-state index is 12.1. The summed E-state index contributed by atoms with van der Waals surface area (Å²) in [7, 11) is 0. The molecule has 1 rings (SSSR count). The number of rotatable bonds is 1. The summed E-state index contributed by atoms with van der Waals surface area (Å²) in [4.78, 5) is 0. The van der Waals surface area contributed by atoms with Gasteiger partial charge in [-0.3, -0.25) is 0 Å². The third-order valence-corrected chi connectivity index (χ3v) is 2.80. The Labute approximate surface area is 91.6 Å². The number of benzene rings is 1. The zero-order valence-corrected chi connectivity index (χ0v) is 8.99. The summed E-state index contributed by atoms with van der Waals surface area (Å²) >= 11 is 8.62. The lowest BCUT2D eigenvalue weighted by Gasteiger charge is -2.15. The number of hydrogen-bond donors (Lipinski definition) is 1. The first-order chi connectivity index (χ1) is 6.32. The molecule has 0 fully saturated rings. The molecule has 0 saturated heterocycles. The van der Waals surface area contributed by atoms with Crippen LogP contribution in [0.5, 0.6) is 0 Å². The van der Waals surface area contributed by atoms with Crippen molar-refractivity contribution in [1.29, 1.82) is 0 Å². The Balaban J connectivity index is 3.03. The monoisotopic (exact) mass is 288 g/mol. The maximum absolute atomic E-state index is 12.1. The van der Waals surface area contributed by atoms with Gasteiger partial charge in [0.05, 0.1) is 5.02 Å². The van der Waals surface area contributed by atoms with Gasteiger partial charge in [0, 0.05) is 4.47 Å². The van der Waals surface area contributed by atoms with Gasteiger partial charge in [-0.1, -0.05) is 17.7 Å². The van der Waals surface area contributed by atoms with Crippen molar-refractivity contribution in [1.82, 2.24) is 0 Å². The lowest BCUT2D eigenvalue weighted by atomic mass is 10.1. The summed E-state index contributed by atoms with van der Waals surface area (Å²) in [6.45, 7) is 0. The van der Waals surface area contributed by atoms with E-state index in [-0.39, 0.29) is 10.6 Å². The van der Waals surface area contributed by atoms with Gasteiger partial charge in [-0.2, -0.15) is 13.2 Å². The molecule has 0 heterocycles. The summed E-state index contributed by atoms with van der Waals surface area (Å²) < 4.78 is 36.7. The Morgan fingerprint density at radius 3 is 2.36 bits per heavy atom. The zero-order valence-electron chi connectivity index (χ0n) is 6.65. The molecule has 0 unspecified atom stereocenters. The Kier molecular flexibility index (Phi) is 3.44. The second-order valence-electron chi connectivity index (χ2n) is 2.62. The van der Waals surface area contributed by atoms with Crippen LogP contribution in [0.4, 0.5) is 13.2 Å². The lowest BCUT2D eigenvalue weighted by Crippen LogP contribution is -2.20. The Morgan fingerprint density at radius 2 is 1.93 bits per heavy atom. The van der Waals surface area contributed by atoms with Gasteiger partial charge in [0.25, 0.3) is 0 Å². The summed E-state index contributed by atoms with van der Waals surface area (Å²) in [6.07, 6.45) is -7.16. The van der Waals surface area contributed by atoms with Crippen LogP contribution in [0.15, 0.2) is 22.7 Å². The highest BCUT2D eigenvalue weighted by molar-refractivity contribution is 9.10. The van der Waals surface area contributed by atoms with E-state index < -0.39 is 12.3 Å². The predicted octanol–water partition coefficient (Wildman–Crippen LogP) is 3.70. The minimum absolute atomic E-state index is 0.130. The average Bonchev–Trinajstić information content (AvgIpc) is 2.07. The molecule has 0 saturated carbocycles. The SMILES string of the molecule is O[C@@H](c1ccc(Br)c(Cl)c1)C(F)(F)F. The minimum Gasteiger partial charge on any atom is -0.379 e. The molecular formula is C8H5BrClF3O. The standard InChI is InChI=1S/C8H5BrClF3O/c9-5-2-1-4(3-6(5)10)7(14)8(11,12)13/h1-3,7,14H/t7-/m0/s1. The molecule has 0 radical (unpaired) electrons. The first kappa shape index (κ1) is 11.8. The van der Waals surface area contributed by atoms with Gasteiger partial charge in [-0.25, -0.2) is 0 Å². The molecule has 14 heavy (non-hydrogen) atoms. The second kappa shape index (κ2) is 4.08. The van der Waals surface area contributed by atoms with Crippen molar-refractivity contribution in [3.63, 3.8) is 0 Å². The van der Waals surface area contributed by atoms with Gasteiger partial charge in [-0.15, -0.1) is 0 Å². The first-order valence-electron chi connectivity index (χ1n) is 3.52. The van der Waals surface area contributed by atoms with Crippen molar-refractivity contribution in [3.05, 3.63) is 33.3 Å². The van der Waals surface area contributed by atoms with Crippen molar-refractivity contribution >= 4 is 27.5 Å². The zero-order chi connectivity index (χ0) is 10.9. The molecule has 0 amide bonds. The molecule has 1 atom stereocenters. The summed E-state index contributed by atoms with van der Waals surface area (Å²) in [5.41, 5.74) is -0.272. The number of aliphatic hydroxyl groups excluding tert-OH is 1. The van der Waals surface area contributed by atoms with Crippen molar-refractivity contribution in [2.45, 2.75) is 12.3 Å². The number of aliphatic hydroxyl groups is 1. The average molecular weight is 289 g/mol. The van der Waals surface area contributed by atoms with Crippen molar-refractivity contribution in [3.8, 4) is 0 Å². The Hall–Kier alpha value is -0.260. The second-order valence-corrected chi connectivity index (χ2v) is 3.88. The molecule has 0 aliphatic carbocycles. The van der Waals surface area contributed by atoms with Crippen LogP contribution in [-0.4, -0.2) is 11.3 Å². The van der Waals surface area contributed by atoms with Crippen LogP contribution in [0.1, 0.15) is 11.7 Å². The first-order valence-corrected chi connectivity index (χ1v) is 4.69. The van der Waals surface area contributed by atoms with Crippen LogP contribution < -0.4 is 0 Å². The van der Waals surface area contributed by atoms with E-state index in [1.54, 1.807) is 0 Å². The van der Waals surface area contributed by atoms with Crippen molar-refractivity contribution in [2.75, 3.05) is 0 Å². The van der Waals surface area contributed by atoms with Crippen LogP contribution in [0, 0.1) is 0 Å². The molecule has 0 aliphatic heterocycles. The molecule has 1 aromatic rings. The highest BCUT2D eigenvalue weighted by Crippen LogP contribution is 2.34. The molecular weight excluding hydrogens is 284 g/mol. The summed E-state index contributed by atoms with van der Waals surface area (Å²) in [6, 6.07) is 3.59. The predicted molar refractivity (Wildman–Crippen MR) is 50.2 cm³/mol. The van der Waals surface area contributed by atoms with Gasteiger partial charge >= 0.3 is 6.18 Å². The van der Waals surface area contributed by atoms with E-state index in [2.05, 4.69) is 15.9 Å². The van der Waals surface area contributed by atoms with Gasteiger partial charge in [0.1, 0.15) is 0 Å². The quantitative estimate of drug-likeness (QED) is 0.836. The lowest BCUT2D eigenvalue weighted by molar-refractivity contribution is -0.206. The van der Waals surface area contributed by atoms with Gasteiger partial charge in [0.2, 0.25) is 0 Å². The van der Waals surface area contributed by atoms with Gasteiger partial charge in [-0.05, 0) is 33.6 Å². The van der Waals surface area contributed by atoms with Crippen molar-refractivity contribution < 1.29 is 18.3 Å². The molecule has 1 nitrogen and oxygen atoms in total. The molecule has 1 N–H and O–H groups in total. The molecule has 1 aromatic carbocycles. The molecule has 0 aliphatic rings. The van der Waals surface area contributed by atoms with E-state index in [1.807, 2.05) is 0 Å². The van der Waals surface area contributed by atoms with Crippen LogP contribution >= 0.6 is 27.5 Å². The highest BCUT2D eigenvalue weighted by Gasteiger charge is 2.39. The van der Waals surface area contributed by atoms with Crippen LogP contribution in [0.2, 0.25) is 5.02 Å². The largest absolute Gasteiger partial charge is 0.418 e. The third-order valence-electron chi connectivity index (χ3n) is 1.57. The van der Waals surface area contributed by atoms with Crippen LogP contribution in [0.3, 0.4) is 0 Å². The van der Waals surface area contributed by atoms with E-state index in [4.69, 9.17) is 16.7 Å². The maximum Gasteiger partial charge on any atom is 0.418 e. The number of hydrogen-bond acceptors (Lipinski definition) is 1. The smallest absolute Gasteiger partial charge is 0.379 e. The van der Waals surface area contributed by atoms with E-state index in [0.29, 0.717) is 4.47 Å². The van der Waals surface area contributed by atoms with Gasteiger partial charge < -0.3 is 5.11 Å². The topological polar surface area (TPSA) is 20.2 Å². The minimum atomic E-state index is -4.67. The number of halogens is 5. The highest BCUT2D eigenvalue weighted by atomic mass is 79.9. The fraction of sp³-hybridized carbons (Fsp3) is 0.250. The van der Waals surface area contributed by atoms with Crippen molar-refractivity contribution in [2.24, 2.45) is 0 Å². The fourth-order valence-corrected chi connectivity index (χ4v) is 1.31. The van der Waals surface area contributed by atoms with E-state index >= 15 is 0 Å². The van der Waals surface area contributed by atoms with E-state index in [1.165, 1.54) is 6.07 Å². The Bertz CT molecular complexity index is 340. The molecule has 78 valence electrons. The number of alkyl halides is 3. The molecule has 6 heteroatoms. The van der Waals surface area contributed by atoms with Crippen LogP contribution in [-0.2, 0) is 0 Å². The van der Waals surface area contributed by atoms with E-state index in [9.17, 15) is 13.2 Å². The molecule has 0 spiro atoms. The fourth-order valence-electron chi connectivity index (χ4n) is 0.871. The summed E-state index contributed by atoms with van der Waals surface area (Å²) in [5, 5.41) is 9.00. The summed E-state index contributed by atoms with van der Waals surface area (Å²) in [5.74, 6) is 0. The van der Waals surface area contributed by atoms with Crippen LogP contribution in [0.25, 0.3) is 0 Å². The van der Waals surface area contributed by atoms with Gasteiger partial charge in [0.15, 0.2) is 6.10 Å². The molecule has 0 bridgehead atoms.